The minimum Gasteiger partial charge on any atom is -0.363 e. The van der Waals surface area contributed by atoms with Crippen molar-refractivity contribution in [1.29, 1.82) is 0 Å². The van der Waals surface area contributed by atoms with Crippen LogP contribution < -0.4 is 16.0 Å². The molecule has 0 atom stereocenters. The van der Waals surface area contributed by atoms with Crippen LogP contribution in [0.15, 0.2) is 24.9 Å². The van der Waals surface area contributed by atoms with Crippen LogP contribution >= 0.6 is 12.2 Å². The first-order chi connectivity index (χ1) is 11.7. The summed E-state index contributed by atoms with van der Waals surface area (Å²) in [7, 11) is 0. The Bertz CT molecular complexity index is 704. The summed E-state index contributed by atoms with van der Waals surface area (Å²) < 4.78 is 1.87. The molecule has 2 heterocycles. The van der Waals surface area contributed by atoms with Gasteiger partial charge in [0.1, 0.15) is 24.3 Å². The van der Waals surface area contributed by atoms with Crippen molar-refractivity contribution in [2.24, 2.45) is 0 Å². The number of imidazole rings is 1. The van der Waals surface area contributed by atoms with Gasteiger partial charge in [-0.25, -0.2) is 15.0 Å². The number of rotatable bonds is 8. The molecule has 7 nitrogen and oxygen atoms in total. The predicted octanol–water partition coefficient (Wildman–Crippen LogP) is 1.12. The Kier molecular flexibility index (Phi) is 7.14. The standard InChI is InChI=1S/C16H21N7S/c1-3-7-17-8-5-6-13-10-23(12-21-13)15-9-14(19-11-20-15)22-16(24)18-4-2/h1,9-12,17H,4-8H2,2H3,(H2,18,19,20,22,24). The maximum absolute atomic E-state index is 5.19. The zero-order valence-electron chi connectivity index (χ0n) is 13.6. The Morgan fingerprint density at radius 1 is 1.38 bits per heavy atom. The lowest BCUT2D eigenvalue weighted by atomic mass is 10.2. The summed E-state index contributed by atoms with van der Waals surface area (Å²) in [5, 5.41) is 9.74. The first-order valence-electron chi connectivity index (χ1n) is 7.77. The van der Waals surface area contributed by atoms with Crippen LogP contribution in [-0.2, 0) is 6.42 Å². The highest BCUT2D eigenvalue weighted by Crippen LogP contribution is 2.10. The van der Waals surface area contributed by atoms with Gasteiger partial charge in [0.2, 0.25) is 0 Å². The number of aryl methyl sites for hydroxylation is 1. The highest BCUT2D eigenvalue weighted by molar-refractivity contribution is 7.80. The molecule has 3 N–H and O–H groups in total. The smallest absolute Gasteiger partial charge is 0.171 e. The Labute approximate surface area is 147 Å². The Hall–Kier alpha value is -2.50. The third kappa shape index (κ3) is 5.61. The summed E-state index contributed by atoms with van der Waals surface area (Å²) in [6.45, 7) is 4.21. The van der Waals surface area contributed by atoms with Gasteiger partial charge in [-0.2, -0.15) is 0 Å². The molecule has 0 aliphatic rings. The fourth-order valence-electron chi connectivity index (χ4n) is 2.05. The second kappa shape index (κ2) is 9.60. The van der Waals surface area contributed by atoms with Crippen molar-refractivity contribution >= 4 is 23.1 Å². The van der Waals surface area contributed by atoms with Crippen molar-refractivity contribution in [2.45, 2.75) is 19.8 Å². The third-order valence-corrected chi connectivity index (χ3v) is 3.39. The van der Waals surface area contributed by atoms with Crippen molar-refractivity contribution < 1.29 is 0 Å². The lowest BCUT2D eigenvalue weighted by Gasteiger charge is -2.08. The first-order valence-corrected chi connectivity index (χ1v) is 8.18. The fraction of sp³-hybridized carbons (Fsp3) is 0.375. The van der Waals surface area contributed by atoms with E-state index in [0.29, 0.717) is 17.5 Å². The van der Waals surface area contributed by atoms with Gasteiger partial charge in [0, 0.05) is 18.8 Å². The van der Waals surface area contributed by atoms with Gasteiger partial charge in [0.05, 0.1) is 12.2 Å². The summed E-state index contributed by atoms with van der Waals surface area (Å²) in [6.07, 6.45) is 12.3. The molecule has 0 fully saturated rings. The normalized spacial score (nSPS) is 10.2. The third-order valence-electron chi connectivity index (χ3n) is 3.15. The molecule has 0 bridgehead atoms. The quantitative estimate of drug-likeness (QED) is 0.377. The monoisotopic (exact) mass is 343 g/mol. The van der Waals surface area contributed by atoms with E-state index in [1.54, 1.807) is 6.33 Å². The molecule has 2 rings (SSSR count). The highest BCUT2D eigenvalue weighted by Gasteiger charge is 2.05. The van der Waals surface area contributed by atoms with Crippen LogP contribution in [0.5, 0.6) is 0 Å². The molecule has 0 amide bonds. The number of hydrogen-bond acceptors (Lipinski definition) is 5. The molecule has 0 saturated carbocycles. The number of aromatic nitrogens is 4. The van der Waals surface area contributed by atoms with Crippen LogP contribution in [-0.4, -0.2) is 44.3 Å². The van der Waals surface area contributed by atoms with E-state index in [4.69, 9.17) is 18.6 Å². The molecule has 0 aromatic carbocycles. The highest BCUT2D eigenvalue weighted by atomic mass is 32.1. The average molecular weight is 343 g/mol. The summed E-state index contributed by atoms with van der Waals surface area (Å²) in [5.41, 5.74) is 1.01. The molecule has 126 valence electrons. The maximum atomic E-state index is 5.19. The molecule has 0 aliphatic heterocycles. The molecule has 24 heavy (non-hydrogen) atoms. The molecule has 0 saturated heterocycles. The first kappa shape index (κ1) is 17.8. The Balaban J connectivity index is 1.94. The molecule has 0 radical (unpaired) electrons. The van der Waals surface area contributed by atoms with Gasteiger partial charge in [-0.1, -0.05) is 5.92 Å². The minimum absolute atomic E-state index is 0.535. The van der Waals surface area contributed by atoms with Gasteiger partial charge < -0.3 is 16.0 Å². The van der Waals surface area contributed by atoms with E-state index in [2.05, 4.69) is 36.8 Å². The molecular formula is C16H21N7S. The summed E-state index contributed by atoms with van der Waals surface area (Å²) in [5.74, 6) is 3.92. The Morgan fingerprint density at radius 3 is 3.04 bits per heavy atom. The van der Waals surface area contributed by atoms with Crippen molar-refractivity contribution in [1.82, 2.24) is 30.2 Å². The van der Waals surface area contributed by atoms with E-state index in [0.717, 1.165) is 37.4 Å². The molecule has 0 spiro atoms. The topological polar surface area (TPSA) is 79.7 Å². The van der Waals surface area contributed by atoms with Crippen LogP contribution in [0.1, 0.15) is 19.0 Å². The Morgan fingerprint density at radius 2 is 2.25 bits per heavy atom. The molecule has 0 aliphatic carbocycles. The summed E-state index contributed by atoms with van der Waals surface area (Å²) >= 11 is 5.16. The van der Waals surface area contributed by atoms with Crippen LogP contribution in [0.2, 0.25) is 0 Å². The average Bonchev–Trinajstić information content (AvgIpc) is 3.04. The van der Waals surface area contributed by atoms with Crippen molar-refractivity contribution in [2.75, 3.05) is 25.0 Å². The number of nitrogens with zero attached hydrogens (tertiary/aromatic N) is 4. The maximum Gasteiger partial charge on any atom is 0.171 e. The zero-order chi connectivity index (χ0) is 17.2. The van der Waals surface area contributed by atoms with Gasteiger partial charge in [-0.05, 0) is 38.5 Å². The minimum atomic E-state index is 0.535. The van der Waals surface area contributed by atoms with E-state index in [1.165, 1.54) is 6.33 Å². The molecule has 8 heteroatoms. The van der Waals surface area contributed by atoms with Gasteiger partial charge in [0.25, 0.3) is 0 Å². The van der Waals surface area contributed by atoms with E-state index in [9.17, 15) is 0 Å². The number of anilines is 1. The SMILES string of the molecule is C#CCNCCCc1cn(-c2cc(NC(=S)NCC)ncn2)cn1. The van der Waals surface area contributed by atoms with Crippen LogP contribution in [0.25, 0.3) is 5.82 Å². The molecule has 0 unspecified atom stereocenters. The second-order valence-corrected chi connectivity index (χ2v) is 5.41. The van der Waals surface area contributed by atoms with Gasteiger partial charge in [0.15, 0.2) is 5.11 Å². The molecular weight excluding hydrogens is 322 g/mol. The van der Waals surface area contributed by atoms with Crippen molar-refractivity contribution in [3.05, 3.63) is 30.6 Å². The van der Waals surface area contributed by atoms with Gasteiger partial charge in [-0.3, -0.25) is 4.57 Å². The van der Waals surface area contributed by atoms with Gasteiger partial charge >= 0.3 is 0 Å². The van der Waals surface area contributed by atoms with E-state index < -0.39 is 0 Å². The van der Waals surface area contributed by atoms with Crippen LogP contribution in [0, 0.1) is 12.3 Å². The lowest BCUT2D eigenvalue weighted by Crippen LogP contribution is -2.28. The van der Waals surface area contributed by atoms with E-state index in [-0.39, 0.29) is 0 Å². The van der Waals surface area contributed by atoms with Crippen LogP contribution in [0.4, 0.5) is 5.82 Å². The predicted molar refractivity (Wildman–Crippen MR) is 99.1 cm³/mol. The van der Waals surface area contributed by atoms with E-state index >= 15 is 0 Å². The van der Waals surface area contributed by atoms with Gasteiger partial charge in [-0.15, -0.1) is 6.42 Å². The fourth-order valence-corrected chi connectivity index (χ4v) is 2.30. The number of thiocarbonyl (C=S) groups is 1. The zero-order valence-corrected chi connectivity index (χ0v) is 14.4. The molecule has 2 aromatic rings. The summed E-state index contributed by atoms with van der Waals surface area (Å²) in [6, 6.07) is 1.82. The number of terminal acetylenes is 1. The van der Waals surface area contributed by atoms with Crippen molar-refractivity contribution in [3.8, 4) is 18.2 Å². The second-order valence-electron chi connectivity index (χ2n) is 5.00. The van der Waals surface area contributed by atoms with Crippen molar-refractivity contribution in [3.63, 3.8) is 0 Å². The summed E-state index contributed by atoms with van der Waals surface area (Å²) in [4.78, 5) is 12.8. The number of hydrogen-bond donors (Lipinski definition) is 3. The van der Waals surface area contributed by atoms with Crippen LogP contribution in [0.3, 0.4) is 0 Å². The molecule has 2 aromatic heterocycles. The van der Waals surface area contributed by atoms with E-state index in [1.807, 2.05) is 23.8 Å². The lowest BCUT2D eigenvalue weighted by molar-refractivity contribution is 0.692. The number of nitrogens with one attached hydrogen (secondary N) is 3. The largest absolute Gasteiger partial charge is 0.363 e.